The van der Waals surface area contributed by atoms with Gasteiger partial charge in [-0.1, -0.05) is 26.2 Å². The van der Waals surface area contributed by atoms with E-state index in [0.29, 0.717) is 49.4 Å². The van der Waals surface area contributed by atoms with E-state index in [-0.39, 0.29) is 23.2 Å². The van der Waals surface area contributed by atoms with E-state index < -0.39 is 41.7 Å². The Hall–Kier alpha value is -2.26. The molecule has 2 aliphatic carbocycles. The fourth-order valence-corrected chi connectivity index (χ4v) is 7.42. The van der Waals surface area contributed by atoms with E-state index in [1.165, 1.54) is 19.3 Å². The van der Waals surface area contributed by atoms with Crippen LogP contribution in [-0.2, 0) is 16.1 Å². The molecule has 1 saturated heterocycles. The Morgan fingerprint density at radius 2 is 1.36 bits per heavy atom. The smallest absolute Gasteiger partial charge is 0.400 e. The molecule has 0 aromatic heterocycles. The number of alkyl halides is 3. The van der Waals surface area contributed by atoms with Crippen molar-refractivity contribution in [3.8, 4) is 16.9 Å². The van der Waals surface area contributed by atoms with Gasteiger partial charge in [0.15, 0.2) is 6.29 Å². The highest BCUT2D eigenvalue weighted by atomic mass is 19.3. The Morgan fingerprint density at radius 1 is 0.773 bits per heavy atom. The van der Waals surface area contributed by atoms with Crippen LogP contribution in [0.1, 0.15) is 89.5 Å². The van der Waals surface area contributed by atoms with Gasteiger partial charge in [-0.05, 0) is 99.5 Å². The van der Waals surface area contributed by atoms with E-state index in [2.05, 4.69) is 6.92 Å². The molecule has 2 saturated carbocycles. The Kier molecular flexibility index (Phi) is 11.2. The minimum Gasteiger partial charge on any atom is -0.432 e. The molecule has 0 radical (unpaired) electrons. The van der Waals surface area contributed by atoms with E-state index in [0.717, 1.165) is 75.6 Å². The summed E-state index contributed by atoms with van der Waals surface area (Å²) < 4.78 is 103. The lowest BCUT2D eigenvalue weighted by molar-refractivity contribution is -0.232. The van der Waals surface area contributed by atoms with Gasteiger partial charge in [-0.3, -0.25) is 0 Å². The summed E-state index contributed by atoms with van der Waals surface area (Å²) in [6, 6.07) is 4.71. The molecule has 1 heterocycles. The van der Waals surface area contributed by atoms with Gasteiger partial charge in [-0.25, -0.2) is 17.6 Å². The van der Waals surface area contributed by atoms with Crippen molar-refractivity contribution >= 4 is 0 Å². The van der Waals surface area contributed by atoms with Crippen LogP contribution in [0.2, 0.25) is 0 Å². The van der Waals surface area contributed by atoms with Crippen molar-refractivity contribution in [2.24, 2.45) is 29.6 Å². The number of hydrogen-bond acceptors (Lipinski definition) is 3. The van der Waals surface area contributed by atoms with Gasteiger partial charge in [0, 0.05) is 23.5 Å². The molecule has 5 rings (SSSR count). The Labute approximate surface area is 256 Å². The van der Waals surface area contributed by atoms with Crippen molar-refractivity contribution in [3.05, 3.63) is 53.3 Å². The number of benzene rings is 2. The van der Waals surface area contributed by atoms with Crippen LogP contribution in [0, 0.1) is 47.0 Å². The fraction of sp³-hybridized carbons (Fsp3) is 0.657. The first kappa shape index (κ1) is 33.1. The second-order valence-corrected chi connectivity index (χ2v) is 13.0. The molecule has 0 unspecified atom stereocenters. The van der Waals surface area contributed by atoms with Crippen molar-refractivity contribution in [1.82, 2.24) is 0 Å². The molecule has 9 heteroatoms. The van der Waals surface area contributed by atoms with Gasteiger partial charge in [0.25, 0.3) is 0 Å². The highest BCUT2D eigenvalue weighted by molar-refractivity contribution is 5.65. The molecule has 44 heavy (non-hydrogen) atoms. The predicted molar refractivity (Wildman–Crippen MR) is 156 cm³/mol. The molecule has 2 aromatic rings. The fourth-order valence-electron chi connectivity index (χ4n) is 7.42. The van der Waals surface area contributed by atoms with Crippen LogP contribution in [-0.4, -0.2) is 25.6 Å². The Morgan fingerprint density at radius 3 is 1.93 bits per heavy atom. The zero-order chi connectivity index (χ0) is 31.3. The maximum Gasteiger partial charge on any atom is 0.400 e. The number of rotatable bonds is 11. The third-order valence-corrected chi connectivity index (χ3v) is 10.1. The minimum absolute atomic E-state index is 0.117. The zero-order valence-corrected chi connectivity index (χ0v) is 25.4. The summed E-state index contributed by atoms with van der Waals surface area (Å²) >= 11 is 0. The first-order valence-corrected chi connectivity index (χ1v) is 16.3. The molecule has 0 spiro atoms. The lowest BCUT2D eigenvalue weighted by Gasteiger charge is -2.41. The molecule has 0 atom stereocenters. The molecule has 0 bridgehead atoms. The standard InChI is InChI=1S/C35H44F6O3/c1-2-3-4-5-22-20-42-34(43-21-22)25-8-6-23(7-9-25)24-10-12-27(13-11-24)35(40,41)44-28-14-15-29(33(39)18-28)26-16-31(37)30(19-36)32(38)17-26/h14-18,22-25,27,34H,2-13,19-21H2,1H3. The highest BCUT2D eigenvalue weighted by Crippen LogP contribution is 2.46. The largest absolute Gasteiger partial charge is 0.432 e. The van der Waals surface area contributed by atoms with Crippen molar-refractivity contribution in [1.29, 1.82) is 0 Å². The second kappa shape index (κ2) is 14.9. The summed E-state index contributed by atoms with van der Waals surface area (Å²) in [6.07, 6.45) is 7.50. The number of ether oxygens (including phenoxy) is 3. The van der Waals surface area contributed by atoms with E-state index >= 15 is 8.78 Å². The van der Waals surface area contributed by atoms with E-state index in [9.17, 15) is 17.6 Å². The SMILES string of the molecule is CCCCCC1COC(C2CCC(C3CCC(C(F)(F)Oc4ccc(-c5cc(F)c(CF)c(F)c5)c(F)c4)CC3)CC2)OC1. The van der Waals surface area contributed by atoms with Gasteiger partial charge in [0.2, 0.25) is 0 Å². The Bertz CT molecular complexity index is 1190. The van der Waals surface area contributed by atoms with E-state index in [1.54, 1.807) is 0 Å². The van der Waals surface area contributed by atoms with Gasteiger partial charge in [0.1, 0.15) is 29.9 Å². The molecule has 3 aliphatic rings. The van der Waals surface area contributed by atoms with Gasteiger partial charge >= 0.3 is 6.11 Å². The van der Waals surface area contributed by atoms with Crippen LogP contribution >= 0.6 is 0 Å². The zero-order valence-electron chi connectivity index (χ0n) is 25.4. The molecule has 0 N–H and O–H groups in total. The molecule has 1 aliphatic heterocycles. The van der Waals surface area contributed by atoms with Crippen LogP contribution in [0.4, 0.5) is 26.3 Å². The second-order valence-electron chi connectivity index (χ2n) is 13.0. The van der Waals surface area contributed by atoms with Crippen LogP contribution < -0.4 is 4.74 Å². The highest BCUT2D eigenvalue weighted by Gasteiger charge is 2.45. The van der Waals surface area contributed by atoms with E-state index in [1.807, 2.05) is 0 Å². The average Bonchev–Trinajstić information content (AvgIpc) is 3.01. The lowest BCUT2D eigenvalue weighted by Crippen LogP contribution is -2.40. The summed E-state index contributed by atoms with van der Waals surface area (Å²) in [5, 5.41) is 0. The molecular formula is C35H44F6O3. The van der Waals surface area contributed by atoms with Gasteiger partial charge in [-0.2, -0.15) is 8.78 Å². The van der Waals surface area contributed by atoms with Crippen molar-refractivity contribution in [3.63, 3.8) is 0 Å². The number of halogens is 6. The van der Waals surface area contributed by atoms with Crippen LogP contribution in [0.15, 0.2) is 30.3 Å². The summed E-state index contributed by atoms with van der Waals surface area (Å²) in [5.41, 5.74) is -1.11. The number of hydrogen-bond donors (Lipinski definition) is 0. The third kappa shape index (κ3) is 7.93. The average molecular weight is 627 g/mol. The first-order valence-electron chi connectivity index (χ1n) is 16.3. The molecule has 3 nitrogen and oxygen atoms in total. The summed E-state index contributed by atoms with van der Waals surface area (Å²) in [7, 11) is 0. The topological polar surface area (TPSA) is 27.7 Å². The predicted octanol–water partition coefficient (Wildman–Crippen LogP) is 10.4. The van der Waals surface area contributed by atoms with Crippen LogP contribution in [0.25, 0.3) is 11.1 Å². The molecule has 244 valence electrons. The summed E-state index contributed by atoms with van der Waals surface area (Å²) in [6.45, 7) is 2.43. The minimum atomic E-state index is -3.48. The van der Waals surface area contributed by atoms with Gasteiger partial charge < -0.3 is 14.2 Å². The van der Waals surface area contributed by atoms with Crippen molar-refractivity contribution in [2.75, 3.05) is 13.2 Å². The van der Waals surface area contributed by atoms with Gasteiger partial charge in [0.05, 0.1) is 24.7 Å². The van der Waals surface area contributed by atoms with Crippen LogP contribution in [0.3, 0.4) is 0 Å². The maximum absolute atomic E-state index is 15.2. The molecule has 3 fully saturated rings. The van der Waals surface area contributed by atoms with Crippen molar-refractivity contribution < 1.29 is 40.6 Å². The number of unbranched alkanes of at least 4 members (excludes halogenated alkanes) is 2. The molecule has 2 aromatic carbocycles. The van der Waals surface area contributed by atoms with Crippen LogP contribution in [0.5, 0.6) is 5.75 Å². The molecule has 0 amide bonds. The normalized spacial score (nSPS) is 28.2. The quantitative estimate of drug-likeness (QED) is 0.184. The van der Waals surface area contributed by atoms with Crippen molar-refractivity contribution in [2.45, 2.75) is 103 Å². The van der Waals surface area contributed by atoms with E-state index in [4.69, 9.17) is 14.2 Å². The van der Waals surface area contributed by atoms with Gasteiger partial charge in [-0.15, -0.1) is 0 Å². The maximum atomic E-state index is 15.2. The third-order valence-electron chi connectivity index (χ3n) is 10.1. The molecular weight excluding hydrogens is 582 g/mol. The monoisotopic (exact) mass is 626 g/mol. The summed E-state index contributed by atoms with van der Waals surface area (Å²) in [5.74, 6) is -2.79. The summed E-state index contributed by atoms with van der Waals surface area (Å²) in [4.78, 5) is 0. The first-order chi connectivity index (χ1) is 21.2. The Balaban J connectivity index is 1.08. The lowest BCUT2D eigenvalue weighted by atomic mass is 9.69.